The third-order valence-corrected chi connectivity index (χ3v) is 3.56. The van der Waals surface area contributed by atoms with Gasteiger partial charge in [0.15, 0.2) is 0 Å². The lowest BCUT2D eigenvalue weighted by Crippen LogP contribution is -2.45. The maximum atomic E-state index is 5.80. The van der Waals surface area contributed by atoms with Crippen LogP contribution in [0.1, 0.15) is 33.1 Å². The summed E-state index contributed by atoms with van der Waals surface area (Å²) in [5.74, 6) is 0. The summed E-state index contributed by atoms with van der Waals surface area (Å²) in [5, 5.41) is 3.47. The zero-order valence-electron chi connectivity index (χ0n) is 10.0. The summed E-state index contributed by atoms with van der Waals surface area (Å²) in [7, 11) is 0. The van der Waals surface area contributed by atoms with E-state index in [9.17, 15) is 0 Å². The molecule has 3 heteroatoms. The van der Waals surface area contributed by atoms with Crippen LogP contribution in [0.3, 0.4) is 0 Å². The van der Waals surface area contributed by atoms with Gasteiger partial charge in [0.05, 0.1) is 12.2 Å². The van der Waals surface area contributed by atoms with Gasteiger partial charge in [0, 0.05) is 19.1 Å². The van der Waals surface area contributed by atoms with Crippen LogP contribution >= 0.6 is 0 Å². The van der Waals surface area contributed by atoms with E-state index in [0.717, 1.165) is 12.6 Å². The van der Waals surface area contributed by atoms with Gasteiger partial charge in [0.1, 0.15) is 0 Å². The molecule has 2 fully saturated rings. The molecule has 2 unspecified atom stereocenters. The van der Waals surface area contributed by atoms with Crippen LogP contribution in [0.4, 0.5) is 0 Å². The van der Waals surface area contributed by atoms with E-state index in [1.165, 1.54) is 38.9 Å². The van der Waals surface area contributed by atoms with Crippen LogP contribution in [0.15, 0.2) is 0 Å². The molecule has 2 aliphatic rings. The highest BCUT2D eigenvalue weighted by molar-refractivity contribution is 4.82. The summed E-state index contributed by atoms with van der Waals surface area (Å²) in [6, 6.07) is 0.753. The molecular weight excluding hydrogens is 188 g/mol. The van der Waals surface area contributed by atoms with Crippen molar-refractivity contribution in [2.24, 2.45) is 0 Å². The highest BCUT2D eigenvalue weighted by atomic mass is 16.5. The molecule has 2 atom stereocenters. The normalized spacial score (nSPS) is 40.0. The Labute approximate surface area is 93.2 Å². The molecule has 88 valence electrons. The first kappa shape index (κ1) is 11.4. The monoisotopic (exact) mass is 212 g/mol. The summed E-state index contributed by atoms with van der Waals surface area (Å²) in [6.45, 7) is 9.23. The SMILES string of the molecule is CC1CC(N2CCCNCC2)CC(C)O1. The predicted octanol–water partition coefficient (Wildman–Crippen LogP) is 1.24. The van der Waals surface area contributed by atoms with Gasteiger partial charge < -0.3 is 10.1 Å². The highest BCUT2D eigenvalue weighted by Crippen LogP contribution is 2.23. The first-order chi connectivity index (χ1) is 7.25. The fourth-order valence-corrected chi connectivity index (χ4v) is 2.90. The number of nitrogens with one attached hydrogen (secondary N) is 1. The second-order valence-electron chi connectivity index (χ2n) is 5.02. The van der Waals surface area contributed by atoms with Crippen LogP contribution < -0.4 is 5.32 Å². The van der Waals surface area contributed by atoms with Gasteiger partial charge in [-0.2, -0.15) is 0 Å². The van der Waals surface area contributed by atoms with Gasteiger partial charge >= 0.3 is 0 Å². The molecule has 0 spiro atoms. The summed E-state index contributed by atoms with van der Waals surface area (Å²) >= 11 is 0. The van der Waals surface area contributed by atoms with Gasteiger partial charge in [-0.25, -0.2) is 0 Å². The molecule has 0 aromatic heterocycles. The van der Waals surface area contributed by atoms with E-state index in [2.05, 4.69) is 24.1 Å². The predicted molar refractivity (Wildman–Crippen MR) is 62.1 cm³/mol. The number of rotatable bonds is 1. The Hall–Kier alpha value is -0.120. The molecule has 0 saturated carbocycles. The molecule has 2 heterocycles. The molecule has 2 aliphatic heterocycles. The van der Waals surface area contributed by atoms with Gasteiger partial charge in [-0.15, -0.1) is 0 Å². The number of ether oxygens (including phenoxy) is 1. The van der Waals surface area contributed by atoms with E-state index >= 15 is 0 Å². The molecule has 15 heavy (non-hydrogen) atoms. The van der Waals surface area contributed by atoms with Crippen molar-refractivity contribution in [3.8, 4) is 0 Å². The third kappa shape index (κ3) is 3.16. The Balaban J connectivity index is 1.89. The highest BCUT2D eigenvalue weighted by Gasteiger charge is 2.28. The molecule has 0 aromatic rings. The molecule has 0 bridgehead atoms. The van der Waals surface area contributed by atoms with Gasteiger partial charge in [-0.1, -0.05) is 0 Å². The van der Waals surface area contributed by atoms with Crippen molar-refractivity contribution < 1.29 is 4.74 Å². The number of hydrogen-bond donors (Lipinski definition) is 1. The molecule has 1 N–H and O–H groups in total. The van der Waals surface area contributed by atoms with Crippen LogP contribution in [-0.2, 0) is 4.74 Å². The van der Waals surface area contributed by atoms with Crippen molar-refractivity contribution in [3.63, 3.8) is 0 Å². The molecule has 2 saturated heterocycles. The fourth-order valence-electron chi connectivity index (χ4n) is 2.90. The number of nitrogens with zero attached hydrogens (tertiary/aromatic N) is 1. The Morgan fingerprint density at radius 2 is 1.80 bits per heavy atom. The zero-order chi connectivity index (χ0) is 10.7. The Bertz CT molecular complexity index is 180. The second kappa shape index (κ2) is 5.28. The Kier molecular flexibility index (Phi) is 4.00. The average molecular weight is 212 g/mol. The maximum Gasteiger partial charge on any atom is 0.0565 e. The summed E-state index contributed by atoms with van der Waals surface area (Å²) in [6.07, 6.45) is 4.60. The number of hydrogen-bond acceptors (Lipinski definition) is 3. The van der Waals surface area contributed by atoms with Gasteiger partial charge in [-0.3, -0.25) is 4.90 Å². The molecule has 0 aromatic carbocycles. The second-order valence-corrected chi connectivity index (χ2v) is 5.02. The lowest BCUT2D eigenvalue weighted by molar-refractivity contribution is -0.0642. The zero-order valence-corrected chi connectivity index (χ0v) is 10.0. The topological polar surface area (TPSA) is 24.5 Å². The molecular formula is C12H24N2O. The van der Waals surface area contributed by atoms with Crippen molar-refractivity contribution >= 4 is 0 Å². The lowest BCUT2D eigenvalue weighted by Gasteiger charge is -2.38. The van der Waals surface area contributed by atoms with E-state index in [-0.39, 0.29) is 0 Å². The van der Waals surface area contributed by atoms with E-state index in [0.29, 0.717) is 12.2 Å². The van der Waals surface area contributed by atoms with E-state index in [4.69, 9.17) is 4.74 Å². The summed E-state index contributed by atoms with van der Waals surface area (Å²) < 4.78 is 5.80. The van der Waals surface area contributed by atoms with Crippen LogP contribution in [0.5, 0.6) is 0 Å². The minimum absolute atomic E-state index is 0.440. The van der Waals surface area contributed by atoms with Crippen molar-refractivity contribution in [1.29, 1.82) is 0 Å². The van der Waals surface area contributed by atoms with Gasteiger partial charge in [0.25, 0.3) is 0 Å². The minimum atomic E-state index is 0.440. The molecule has 3 nitrogen and oxygen atoms in total. The average Bonchev–Trinajstić information content (AvgIpc) is 2.43. The molecule has 0 aliphatic carbocycles. The Morgan fingerprint density at radius 3 is 2.53 bits per heavy atom. The summed E-state index contributed by atoms with van der Waals surface area (Å²) in [5.41, 5.74) is 0. The minimum Gasteiger partial charge on any atom is -0.375 e. The van der Waals surface area contributed by atoms with Crippen molar-refractivity contribution in [3.05, 3.63) is 0 Å². The first-order valence-corrected chi connectivity index (χ1v) is 6.36. The van der Waals surface area contributed by atoms with Crippen molar-refractivity contribution in [2.45, 2.75) is 51.4 Å². The molecule has 0 amide bonds. The quantitative estimate of drug-likeness (QED) is 0.708. The fraction of sp³-hybridized carbons (Fsp3) is 1.00. The van der Waals surface area contributed by atoms with Crippen molar-refractivity contribution in [2.75, 3.05) is 26.2 Å². The van der Waals surface area contributed by atoms with Crippen LogP contribution in [0.25, 0.3) is 0 Å². The molecule has 2 rings (SSSR count). The first-order valence-electron chi connectivity index (χ1n) is 6.36. The smallest absolute Gasteiger partial charge is 0.0565 e. The van der Waals surface area contributed by atoms with E-state index < -0.39 is 0 Å². The van der Waals surface area contributed by atoms with Crippen LogP contribution in [0.2, 0.25) is 0 Å². The standard InChI is InChI=1S/C12H24N2O/c1-10-8-12(9-11(2)15-10)14-6-3-4-13-5-7-14/h10-13H,3-9H2,1-2H3. The lowest BCUT2D eigenvalue weighted by atomic mass is 9.98. The van der Waals surface area contributed by atoms with Gasteiger partial charge in [-0.05, 0) is 46.2 Å². The van der Waals surface area contributed by atoms with Crippen LogP contribution in [-0.4, -0.2) is 49.3 Å². The summed E-state index contributed by atoms with van der Waals surface area (Å²) in [4.78, 5) is 2.66. The van der Waals surface area contributed by atoms with Crippen LogP contribution in [0, 0.1) is 0 Å². The van der Waals surface area contributed by atoms with E-state index in [1.807, 2.05) is 0 Å². The Morgan fingerprint density at radius 1 is 1.07 bits per heavy atom. The largest absolute Gasteiger partial charge is 0.375 e. The molecule has 0 radical (unpaired) electrons. The van der Waals surface area contributed by atoms with Gasteiger partial charge in [0.2, 0.25) is 0 Å². The van der Waals surface area contributed by atoms with E-state index in [1.54, 1.807) is 0 Å². The van der Waals surface area contributed by atoms with Crippen molar-refractivity contribution in [1.82, 2.24) is 10.2 Å². The maximum absolute atomic E-state index is 5.80. The third-order valence-electron chi connectivity index (χ3n) is 3.56.